The molecule has 0 aliphatic carbocycles. The van der Waals surface area contributed by atoms with Crippen molar-refractivity contribution >= 4 is 16.5 Å². The first-order chi connectivity index (χ1) is 10.8. The molecule has 4 heteroatoms. The third-order valence-corrected chi connectivity index (χ3v) is 4.42. The zero-order valence-corrected chi connectivity index (χ0v) is 13.5. The van der Waals surface area contributed by atoms with Gasteiger partial charge in [-0.3, -0.25) is 0 Å². The summed E-state index contributed by atoms with van der Waals surface area (Å²) in [6.45, 7) is 8.20. The van der Waals surface area contributed by atoms with E-state index >= 15 is 0 Å². The molecule has 0 amide bonds. The predicted molar refractivity (Wildman–Crippen MR) is 91.8 cm³/mol. The van der Waals surface area contributed by atoms with E-state index in [1.807, 2.05) is 6.20 Å². The molecule has 1 atom stereocenters. The average molecular weight is 299 g/mol. The van der Waals surface area contributed by atoms with Crippen molar-refractivity contribution in [2.75, 3.05) is 31.1 Å². The molecular formula is C18H25N3O. The Morgan fingerprint density at radius 2 is 2.14 bits per heavy atom. The molecule has 1 aliphatic rings. The number of aromatic nitrogens is 1. The summed E-state index contributed by atoms with van der Waals surface area (Å²) in [5.41, 5.74) is 1.26. The van der Waals surface area contributed by atoms with Crippen LogP contribution < -0.4 is 15.0 Å². The Balaban J connectivity index is 1.82. The molecule has 1 aromatic heterocycles. The summed E-state index contributed by atoms with van der Waals surface area (Å²) in [4.78, 5) is 6.77. The van der Waals surface area contributed by atoms with E-state index in [9.17, 15) is 0 Å². The van der Waals surface area contributed by atoms with Crippen LogP contribution in [0.25, 0.3) is 10.8 Å². The minimum atomic E-state index is 0.465. The summed E-state index contributed by atoms with van der Waals surface area (Å²) in [5, 5.41) is 5.74. The molecule has 0 spiro atoms. The second kappa shape index (κ2) is 6.97. The van der Waals surface area contributed by atoms with E-state index in [4.69, 9.17) is 4.74 Å². The third-order valence-electron chi connectivity index (χ3n) is 4.42. The van der Waals surface area contributed by atoms with Gasteiger partial charge in [0.1, 0.15) is 6.61 Å². The highest BCUT2D eigenvalue weighted by molar-refractivity contribution is 5.89. The molecule has 2 aromatic rings. The van der Waals surface area contributed by atoms with Gasteiger partial charge in [-0.05, 0) is 62.9 Å². The number of benzene rings is 1. The Labute approximate surface area is 132 Å². The van der Waals surface area contributed by atoms with Gasteiger partial charge < -0.3 is 15.0 Å². The summed E-state index contributed by atoms with van der Waals surface area (Å²) in [5.74, 6) is 0.747. The molecule has 0 radical (unpaired) electrons. The first-order valence-electron chi connectivity index (χ1n) is 8.31. The second-order valence-corrected chi connectivity index (χ2v) is 5.80. The number of nitrogens with one attached hydrogen (secondary N) is 1. The zero-order chi connectivity index (χ0) is 15.4. The molecule has 2 heterocycles. The van der Waals surface area contributed by atoms with Crippen LogP contribution in [0.15, 0.2) is 30.5 Å². The lowest BCUT2D eigenvalue weighted by atomic mass is 10.1. The van der Waals surface area contributed by atoms with Gasteiger partial charge in [-0.2, -0.15) is 0 Å². The first kappa shape index (κ1) is 15.1. The monoisotopic (exact) mass is 299 g/mol. The summed E-state index contributed by atoms with van der Waals surface area (Å²) >= 11 is 0. The lowest BCUT2D eigenvalue weighted by molar-refractivity contribution is 0.271. The summed E-state index contributed by atoms with van der Waals surface area (Å²) in [6.07, 6.45) is 4.27. The topological polar surface area (TPSA) is 37.4 Å². The van der Waals surface area contributed by atoms with Gasteiger partial charge in [0.2, 0.25) is 5.88 Å². The van der Waals surface area contributed by atoms with E-state index in [-0.39, 0.29) is 0 Å². The number of pyridine rings is 1. The van der Waals surface area contributed by atoms with E-state index in [1.165, 1.54) is 23.9 Å². The minimum Gasteiger partial charge on any atom is -0.476 e. The Kier molecular flexibility index (Phi) is 4.78. The van der Waals surface area contributed by atoms with Gasteiger partial charge in [0.05, 0.1) is 0 Å². The summed E-state index contributed by atoms with van der Waals surface area (Å²) < 4.78 is 5.97. The average Bonchev–Trinajstić information content (AvgIpc) is 3.07. The van der Waals surface area contributed by atoms with Crippen LogP contribution in [0.5, 0.6) is 5.88 Å². The maximum Gasteiger partial charge on any atom is 0.221 e. The highest BCUT2D eigenvalue weighted by Gasteiger charge is 2.15. The molecule has 4 nitrogen and oxygen atoms in total. The van der Waals surface area contributed by atoms with Crippen LogP contribution in [0.2, 0.25) is 0 Å². The van der Waals surface area contributed by atoms with E-state index in [0.29, 0.717) is 12.6 Å². The van der Waals surface area contributed by atoms with E-state index in [0.717, 1.165) is 30.9 Å². The molecule has 22 heavy (non-hydrogen) atoms. The van der Waals surface area contributed by atoms with Crippen molar-refractivity contribution in [3.8, 4) is 5.88 Å². The predicted octanol–water partition coefficient (Wildman–Crippen LogP) is 3.21. The smallest absolute Gasteiger partial charge is 0.221 e. The fourth-order valence-electron chi connectivity index (χ4n) is 3.12. The largest absolute Gasteiger partial charge is 0.476 e. The Hall–Kier alpha value is -1.81. The molecule has 118 valence electrons. The SMILES string of the molecule is CCN(CC)c1ccc2c(OCC3CCCN3)nccc2c1. The highest BCUT2D eigenvalue weighted by atomic mass is 16.5. The molecule has 3 rings (SSSR count). The van der Waals surface area contributed by atoms with E-state index in [2.05, 4.69) is 53.3 Å². The number of ether oxygens (including phenoxy) is 1. The highest BCUT2D eigenvalue weighted by Crippen LogP contribution is 2.27. The number of nitrogens with zero attached hydrogens (tertiary/aromatic N) is 2. The van der Waals surface area contributed by atoms with Crippen molar-refractivity contribution in [3.05, 3.63) is 30.5 Å². The van der Waals surface area contributed by atoms with Crippen molar-refractivity contribution in [2.45, 2.75) is 32.7 Å². The lowest BCUT2D eigenvalue weighted by Crippen LogP contribution is -2.28. The van der Waals surface area contributed by atoms with Gasteiger partial charge in [-0.1, -0.05) is 0 Å². The molecule has 1 saturated heterocycles. The van der Waals surface area contributed by atoms with E-state index < -0.39 is 0 Å². The maximum atomic E-state index is 5.97. The van der Waals surface area contributed by atoms with Crippen LogP contribution in [0.3, 0.4) is 0 Å². The molecule has 1 unspecified atom stereocenters. The molecular weight excluding hydrogens is 274 g/mol. The van der Waals surface area contributed by atoms with Gasteiger partial charge in [-0.25, -0.2) is 4.98 Å². The molecule has 0 bridgehead atoms. The van der Waals surface area contributed by atoms with Crippen LogP contribution in [0.4, 0.5) is 5.69 Å². The summed E-state index contributed by atoms with van der Waals surface area (Å²) in [6, 6.07) is 9.05. The Morgan fingerprint density at radius 1 is 1.27 bits per heavy atom. The van der Waals surface area contributed by atoms with Crippen LogP contribution in [0, 0.1) is 0 Å². The van der Waals surface area contributed by atoms with Crippen molar-refractivity contribution < 1.29 is 4.74 Å². The summed E-state index contributed by atoms with van der Waals surface area (Å²) in [7, 11) is 0. The fraction of sp³-hybridized carbons (Fsp3) is 0.500. The maximum absolute atomic E-state index is 5.97. The normalized spacial score (nSPS) is 17.8. The van der Waals surface area contributed by atoms with Gasteiger partial charge in [-0.15, -0.1) is 0 Å². The van der Waals surface area contributed by atoms with Gasteiger partial charge >= 0.3 is 0 Å². The Bertz CT molecular complexity index is 619. The zero-order valence-electron chi connectivity index (χ0n) is 13.5. The van der Waals surface area contributed by atoms with Crippen LogP contribution in [-0.2, 0) is 0 Å². The lowest BCUT2D eigenvalue weighted by Gasteiger charge is -2.21. The molecule has 1 aliphatic heterocycles. The number of rotatable bonds is 6. The number of hydrogen-bond acceptors (Lipinski definition) is 4. The molecule has 1 aromatic carbocycles. The van der Waals surface area contributed by atoms with E-state index in [1.54, 1.807) is 0 Å². The molecule has 1 N–H and O–H groups in total. The van der Waals surface area contributed by atoms with Crippen LogP contribution in [0.1, 0.15) is 26.7 Å². The molecule has 0 saturated carbocycles. The van der Waals surface area contributed by atoms with Crippen molar-refractivity contribution in [1.29, 1.82) is 0 Å². The fourth-order valence-corrected chi connectivity index (χ4v) is 3.12. The van der Waals surface area contributed by atoms with Gasteiger partial charge in [0.25, 0.3) is 0 Å². The van der Waals surface area contributed by atoms with Gasteiger partial charge in [0, 0.05) is 36.4 Å². The first-order valence-corrected chi connectivity index (χ1v) is 8.31. The van der Waals surface area contributed by atoms with Crippen molar-refractivity contribution in [3.63, 3.8) is 0 Å². The van der Waals surface area contributed by atoms with Crippen LogP contribution >= 0.6 is 0 Å². The minimum absolute atomic E-state index is 0.465. The number of fused-ring (bicyclic) bond motifs is 1. The van der Waals surface area contributed by atoms with Crippen LogP contribution in [-0.4, -0.2) is 37.3 Å². The number of anilines is 1. The third kappa shape index (κ3) is 3.17. The van der Waals surface area contributed by atoms with Gasteiger partial charge in [0.15, 0.2) is 0 Å². The van der Waals surface area contributed by atoms with Crippen molar-refractivity contribution in [1.82, 2.24) is 10.3 Å². The standard InChI is InChI=1S/C18H25N3O/c1-3-21(4-2)16-7-8-17-14(12-16)9-11-20-18(17)22-13-15-6-5-10-19-15/h7-9,11-12,15,19H,3-6,10,13H2,1-2H3. The Morgan fingerprint density at radius 3 is 2.86 bits per heavy atom. The van der Waals surface area contributed by atoms with Crippen molar-refractivity contribution in [2.24, 2.45) is 0 Å². The molecule has 1 fully saturated rings. The number of hydrogen-bond donors (Lipinski definition) is 1. The quantitative estimate of drug-likeness (QED) is 0.889. The second-order valence-electron chi connectivity index (χ2n) is 5.80.